The molecule has 0 saturated heterocycles. The Bertz CT molecular complexity index is 534. The molecule has 2 rings (SSSR count). The van der Waals surface area contributed by atoms with Crippen molar-refractivity contribution in [3.63, 3.8) is 0 Å². The molecule has 2 aromatic rings. The molecule has 2 N–H and O–H groups in total. The summed E-state index contributed by atoms with van der Waals surface area (Å²) in [6, 6.07) is 3.30. The van der Waals surface area contributed by atoms with Gasteiger partial charge in [0.2, 0.25) is 0 Å². The maximum Gasteiger partial charge on any atom is 0.337 e. The van der Waals surface area contributed by atoms with Gasteiger partial charge in [0.15, 0.2) is 0 Å². The first kappa shape index (κ1) is 12.7. The number of aryl methyl sites for hydroxylation is 1. The fourth-order valence-electron chi connectivity index (χ4n) is 1.55. The third-order valence-corrected chi connectivity index (χ3v) is 3.57. The first-order chi connectivity index (χ1) is 8.66. The monoisotopic (exact) mass is 262 g/mol. The van der Waals surface area contributed by atoms with E-state index >= 15 is 0 Å². The zero-order valence-electron chi connectivity index (χ0n) is 10.0. The van der Waals surface area contributed by atoms with Crippen molar-refractivity contribution in [2.45, 2.75) is 20.0 Å². The highest BCUT2D eigenvalue weighted by Crippen LogP contribution is 2.13. The van der Waals surface area contributed by atoms with E-state index in [1.807, 2.05) is 0 Å². The lowest BCUT2D eigenvalue weighted by atomic mass is 10.2. The van der Waals surface area contributed by atoms with E-state index in [1.165, 1.54) is 17.3 Å². The van der Waals surface area contributed by atoms with Crippen LogP contribution in [0.3, 0.4) is 0 Å². The molecule has 18 heavy (non-hydrogen) atoms. The van der Waals surface area contributed by atoms with E-state index in [0.29, 0.717) is 6.54 Å². The van der Waals surface area contributed by atoms with Gasteiger partial charge in [0.1, 0.15) is 0 Å². The van der Waals surface area contributed by atoms with E-state index in [9.17, 15) is 4.79 Å². The average molecular weight is 262 g/mol. The number of hydrogen-bond donors (Lipinski definition) is 2. The molecule has 0 bridgehead atoms. The van der Waals surface area contributed by atoms with Gasteiger partial charge in [0.05, 0.1) is 11.3 Å². The number of rotatable bonds is 5. The van der Waals surface area contributed by atoms with E-state index in [1.54, 1.807) is 23.5 Å². The van der Waals surface area contributed by atoms with Crippen molar-refractivity contribution < 1.29 is 9.90 Å². The number of pyridine rings is 1. The number of hydrogen-bond acceptors (Lipinski definition) is 4. The summed E-state index contributed by atoms with van der Waals surface area (Å²) in [5.41, 5.74) is 3.64. The molecule has 0 fully saturated rings. The van der Waals surface area contributed by atoms with Gasteiger partial charge in [-0.15, -0.1) is 0 Å². The van der Waals surface area contributed by atoms with Gasteiger partial charge in [-0.25, -0.2) is 4.79 Å². The third kappa shape index (κ3) is 3.15. The van der Waals surface area contributed by atoms with Crippen LogP contribution in [0.25, 0.3) is 0 Å². The molecule has 0 atom stereocenters. The molecule has 94 valence electrons. The molecule has 2 heterocycles. The normalized spacial score (nSPS) is 10.5. The number of carboxylic acid groups (broad SMARTS) is 1. The molecular formula is C13H14N2O2S. The summed E-state index contributed by atoms with van der Waals surface area (Å²) in [6.45, 7) is 3.53. The van der Waals surface area contributed by atoms with Crippen molar-refractivity contribution in [3.05, 3.63) is 51.5 Å². The lowest BCUT2D eigenvalue weighted by Crippen LogP contribution is -2.14. The Morgan fingerprint density at radius 2 is 2.22 bits per heavy atom. The van der Waals surface area contributed by atoms with E-state index in [4.69, 9.17) is 5.11 Å². The Balaban J connectivity index is 1.87. The van der Waals surface area contributed by atoms with E-state index in [2.05, 4.69) is 28.0 Å². The van der Waals surface area contributed by atoms with E-state index in [-0.39, 0.29) is 5.56 Å². The number of carbonyl (C=O) groups is 1. The molecule has 0 saturated carbocycles. The highest BCUT2D eigenvalue weighted by Gasteiger charge is 2.03. The third-order valence-electron chi connectivity index (χ3n) is 2.65. The fourth-order valence-corrected chi connectivity index (χ4v) is 2.41. The second kappa shape index (κ2) is 5.75. The Hall–Kier alpha value is -1.72. The molecule has 5 heteroatoms. The summed E-state index contributed by atoms with van der Waals surface area (Å²) in [7, 11) is 0. The Morgan fingerprint density at radius 3 is 2.78 bits per heavy atom. The minimum Gasteiger partial charge on any atom is -0.478 e. The maximum absolute atomic E-state index is 10.7. The van der Waals surface area contributed by atoms with Crippen LogP contribution < -0.4 is 5.32 Å². The molecular weight excluding hydrogens is 248 g/mol. The minimum atomic E-state index is -0.948. The molecule has 4 nitrogen and oxygen atoms in total. The van der Waals surface area contributed by atoms with Crippen LogP contribution in [-0.2, 0) is 13.1 Å². The summed E-state index contributed by atoms with van der Waals surface area (Å²) in [5.74, 6) is -0.948. The maximum atomic E-state index is 10.7. The second-order valence-electron chi connectivity index (χ2n) is 4.03. The smallest absolute Gasteiger partial charge is 0.337 e. The summed E-state index contributed by atoms with van der Waals surface area (Å²) in [5, 5.41) is 16.3. The van der Waals surface area contributed by atoms with Gasteiger partial charge in [0.25, 0.3) is 0 Å². The lowest BCUT2D eigenvalue weighted by Gasteiger charge is -2.04. The van der Waals surface area contributed by atoms with Crippen LogP contribution in [0.2, 0.25) is 0 Å². The molecule has 0 aliphatic heterocycles. The predicted octanol–water partition coefficient (Wildman–Crippen LogP) is 2.44. The Kier molecular flexibility index (Phi) is 4.07. The van der Waals surface area contributed by atoms with Crippen molar-refractivity contribution >= 4 is 17.3 Å². The molecule has 0 radical (unpaired) electrons. The average Bonchev–Trinajstić information content (AvgIpc) is 2.76. The standard InChI is InChI=1S/C13H14N2O2S/c1-9-7-18-8-11(9)4-14-6-12-3-2-10(5-15-12)13(16)17/h2-3,5,7-8,14H,4,6H2,1H3,(H,16,17). The van der Waals surface area contributed by atoms with Crippen molar-refractivity contribution in [1.82, 2.24) is 10.3 Å². The summed E-state index contributed by atoms with van der Waals surface area (Å²) in [4.78, 5) is 14.8. The second-order valence-corrected chi connectivity index (χ2v) is 4.77. The van der Waals surface area contributed by atoms with Crippen molar-refractivity contribution in [1.29, 1.82) is 0 Å². The van der Waals surface area contributed by atoms with Crippen molar-refractivity contribution in [2.75, 3.05) is 0 Å². The largest absolute Gasteiger partial charge is 0.478 e. The molecule has 0 amide bonds. The molecule has 0 unspecified atom stereocenters. The molecule has 2 aromatic heterocycles. The van der Waals surface area contributed by atoms with Crippen LogP contribution in [-0.4, -0.2) is 16.1 Å². The minimum absolute atomic E-state index is 0.215. The molecule has 0 aliphatic carbocycles. The highest BCUT2D eigenvalue weighted by molar-refractivity contribution is 7.08. The summed E-state index contributed by atoms with van der Waals surface area (Å²) < 4.78 is 0. The first-order valence-corrected chi connectivity index (χ1v) is 6.51. The van der Waals surface area contributed by atoms with Crippen LogP contribution in [0.1, 0.15) is 27.2 Å². The fraction of sp³-hybridized carbons (Fsp3) is 0.231. The molecule has 0 spiro atoms. The van der Waals surface area contributed by atoms with Crippen LogP contribution in [0.5, 0.6) is 0 Å². The number of carboxylic acids is 1. The van der Waals surface area contributed by atoms with Gasteiger partial charge in [-0.2, -0.15) is 11.3 Å². The van der Waals surface area contributed by atoms with Gasteiger partial charge in [0, 0.05) is 19.3 Å². The summed E-state index contributed by atoms with van der Waals surface area (Å²) >= 11 is 1.70. The van der Waals surface area contributed by atoms with Gasteiger partial charge in [-0.3, -0.25) is 4.98 Å². The number of aromatic carboxylic acids is 1. The highest BCUT2D eigenvalue weighted by atomic mass is 32.1. The Morgan fingerprint density at radius 1 is 1.39 bits per heavy atom. The number of thiophene rings is 1. The number of nitrogens with one attached hydrogen (secondary N) is 1. The number of nitrogens with zero attached hydrogens (tertiary/aromatic N) is 1. The van der Waals surface area contributed by atoms with E-state index in [0.717, 1.165) is 12.2 Å². The van der Waals surface area contributed by atoms with Crippen molar-refractivity contribution in [2.24, 2.45) is 0 Å². The predicted molar refractivity (Wildman–Crippen MR) is 70.8 cm³/mol. The zero-order valence-corrected chi connectivity index (χ0v) is 10.8. The SMILES string of the molecule is Cc1cscc1CNCc1ccc(C(=O)O)cn1. The van der Waals surface area contributed by atoms with Crippen LogP contribution >= 0.6 is 11.3 Å². The van der Waals surface area contributed by atoms with Crippen LogP contribution in [0, 0.1) is 6.92 Å². The van der Waals surface area contributed by atoms with Crippen LogP contribution in [0.15, 0.2) is 29.1 Å². The summed E-state index contributed by atoms with van der Waals surface area (Å²) in [6.07, 6.45) is 1.38. The van der Waals surface area contributed by atoms with Gasteiger partial charge >= 0.3 is 5.97 Å². The number of aromatic nitrogens is 1. The van der Waals surface area contributed by atoms with Crippen molar-refractivity contribution in [3.8, 4) is 0 Å². The topological polar surface area (TPSA) is 62.2 Å². The van der Waals surface area contributed by atoms with Crippen LogP contribution in [0.4, 0.5) is 0 Å². The molecule has 0 aromatic carbocycles. The Labute approximate surface area is 109 Å². The zero-order chi connectivity index (χ0) is 13.0. The lowest BCUT2D eigenvalue weighted by molar-refractivity contribution is 0.0696. The van der Waals surface area contributed by atoms with Gasteiger partial charge < -0.3 is 10.4 Å². The van der Waals surface area contributed by atoms with E-state index < -0.39 is 5.97 Å². The first-order valence-electron chi connectivity index (χ1n) is 5.57. The molecule has 0 aliphatic rings. The van der Waals surface area contributed by atoms with Gasteiger partial charge in [-0.1, -0.05) is 0 Å². The van der Waals surface area contributed by atoms with Gasteiger partial charge in [-0.05, 0) is 40.9 Å². The quantitative estimate of drug-likeness (QED) is 0.868.